The van der Waals surface area contributed by atoms with Crippen molar-refractivity contribution in [2.75, 3.05) is 23.0 Å². The van der Waals surface area contributed by atoms with Crippen LogP contribution in [0.1, 0.15) is 22.3 Å². The normalized spacial score (nSPS) is 11.6. The molecule has 0 heterocycles. The van der Waals surface area contributed by atoms with E-state index in [-0.39, 0.29) is 11.5 Å². The molecule has 4 N–H and O–H groups in total. The van der Waals surface area contributed by atoms with E-state index in [4.69, 9.17) is 11.5 Å². The standard InChI is InChI=1S/C18H24N2O2S/c1-13-3-5-15(11-17(13)19)7-9-23(21,22)10-8-16-6-4-14(2)18(20)12-16/h3-6,11-12H,7-10,19-20H2,1-2H3. The van der Waals surface area contributed by atoms with Gasteiger partial charge >= 0.3 is 0 Å². The van der Waals surface area contributed by atoms with E-state index in [0.29, 0.717) is 24.2 Å². The molecular formula is C18H24N2O2S. The van der Waals surface area contributed by atoms with Crippen molar-refractivity contribution in [1.29, 1.82) is 0 Å². The summed E-state index contributed by atoms with van der Waals surface area (Å²) in [5.41, 5.74) is 17.1. The van der Waals surface area contributed by atoms with Crippen molar-refractivity contribution in [3.05, 3.63) is 58.7 Å². The van der Waals surface area contributed by atoms with E-state index in [0.717, 1.165) is 22.3 Å². The predicted octanol–water partition coefficient (Wildman–Crippen LogP) is 2.67. The number of benzene rings is 2. The topological polar surface area (TPSA) is 86.2 Å². The fourth-order valence-corrected chi connectivity index (χ4v) is 3.64. The molecule has 0 atom stereocenters. The summed E-state index contributed by atoms with van der Waals surface area (Å²) in [6.45, 7) is 3.87. The molecule has 0 saturated heterocycles. The van der Waals surface area contributed by atoms with Crippen molar-refractivity contribution in [3.63, 3.8) is 0 Å². The highest BCUT2D eigenvalue weighted by atomic mass is 32.2. The lowest BCUT2D eigenvalue weighted by atomic mass is 10.1. The molecule has 4 nitrogen and oxygen atoms in total. The number of aryl methyl sites for hydroxylation is 4. The summed E-state index contributed by atoms with van der Waals surface area (Å²) in [6, 6.07) is 11.4. The number of hydrogen-bond acceptors (Lipinski definition) is 4. The van der Waals surface area contributed by atoms with Crippen LogP contribution in [0.2, 0.25) is 0 Å². The lowest BCUT2D eigenvalue weighted by Gasteiger charge is -2.08. The molecule has 0 unspecified atom stereocenters. The van der Waals surface area contributed by atoms with Crippen LogP contribution < -0.4 is 11.5 Å². The Bertz CT molecular complexity index is 737. The molecule has 5 heteroatoms. The van der Waals surface area contributed by atoms with E-state index < -0.39 is 9.84 Å². The third-order valence-corrected chi connectivity index (χ3v) is 5.74. The zero-order valence-electron chi connectivity index (χ0n) is 13.7. The number of rotatable bonds is 6. The maximum absolute atomic E-state index is 12.2. The van der Waals surface area contributed by atoms with E-state index in [1.165, 1.54) is 0 Å². The van der Waals surface area contributed by atoms with Crippen LogP contribution in [0.4, 0.5) is 11.4 Å². The average molecular weight is 332 g/mol. The van der Waals surface area contributed by atoms with E-state index in [1.807, 2.05) is 50.2 Å². The molecule has 2 rings (SSSR count). The van der Waals surface area contributed by atoms with Crippen LogP contribution in [-0.4, -0.2) is 19.9 Å². The van der Waals surface area contributed by atoms with Crippen molar-refractivity contribution < 1.29 is 8.42 Å². The second-order valence-corrected chi connectivity index (χ2v) is 8.34. The second kappa shape index (κ2) is 7.04. The second-order valence-electron chi connectivity index (χ2n) is 6.03. The molecule has 0 spiro atoms. The SMILES string of the molecule is Cc1ccc(CCS(=O)(=O)CCc2ccc(C)c(N)c2)cc1N. The molecule has 23 heavy (non-hydrogen) atoms. The summed E-state index contributed by atoms with van der Waals surface area (Å²) >= 11 is 0. The summed E-state index contributed by atoms with van der Waals surface area (Å²) in [5, 5.41) is 0. The first-order valence-electron chi connectivity index (χ1n) is 7.67. The van der Waals surface area contributed by atoms with Gasteiger partial charge in [-0.2, -0.15) is 0 Å². The van der Waals surface area contributed by atoms with Crippen LogP contribution in [0.3, 0.4) is 0 Å². The number of nitrogen functional groups attached to an aromatic ring is 2. The highest BCUT2D eigenvalue weighted by Gasteiger charge is 2.12. The Morgan fingerprint density at radius 2 is 1.17 bits per heavy atom. The molecular weight excluding hydrogens is 308 g/mol. The number of nitrogens with two attached hydrogens (primary N) is 2. The molecule has 2 aromatic carbocycles. The van der Waals surface area contributed by atoms with Gasteiger partial charge in [-0.05, 0) is 61.1 Å². The molecule has 2 aromatic rings. The summed E-state index contributed by atoms with van der Waals surface area (Å²) in [4.78, 5) is 0. The monoisotopic (exact) mass is 332 g/mol. The maximum atomic E-state index is 12.2. The van der Waals surface area contributed by atoms with E-state index >= 15 is 0 Å². The Morgan fingerprint density at radius 1 is 0.783 bits per heavy atom. The Kier molecular flexibility index (Phi) is 5.31. The van der Waals surface area contributed by atoms with Gasteiger partial charge in [0.1, 0.15) is 0 Å². The summed E-state index contributed by atoms with van der Waals surface area (Å²) in [6.07, 6.45) is 0.978. The molecule has 0 aliphatic heterocycles. The molecule has 0 radical (unpaired) electrons. The maximum Gasteiger partial charge on any atom is 0.150 e. The van der Waals surface area contributed by atoms with Gasteiger partial charge in [-0.3, -0.25) is 0 Å². The van der Waals surface area contributed by atoms with Gasteiger partial charge in [-0.25, -0.2) is 8.42 Å². The van der Waals surface area contributed by atoms with Gasteiger partial charge in [0, 0.05) is 11.4 Å². The van der Waals surface area contributed by atoms with Gasteiger partial charge in [-0.1, -0.05) is 24.3 Å². The lowest BCUT2D eigenvalue weighted by molar-refractivity contribution is 0.594. The van der Waals surface area contributed by atoms with Crippen molar-refractivity contribution in [3.8, 4) is 0 Å². The van der Waals surface area contributed by atoms with Gasteiger partial charge in [-0.15, -0.1) is 0 Å². The minimum Gasteiger partial charge on any atom is -0.399 e. The Balaban J connectivity index is 1.93. The number of hydrogen-bond donors (Lipinski definition) is 2. The van der Waals surface area contributed by atoms with Gasteiger partial charge < -0.3 is 11.5 Å². The largest absolute Gasteiger partial charge is 0.399 e. The Hall–Kier alpha value is -2.01. The van der Waals surface area contributed by atoms with Crippen LogP contribution in [0.25, 0.3) is 0 Å². The zero-order chi connectivity index (χ0) is 17.0. The molecule has 0 aliphatic carbocycles. The van der Waals surface area contributed by atoms with E-state index in [9.17, 15) is 8.42 Å². The van der Waals surface area contributed by atoms with E-state index in [2.05, 4.69) is 0 Å². The summed E-state index contributed by atoms with van der Waals surface area (Å²) in [7, 11) is -3.11. The minimum absolute atomic E-state index is 0.136. The first-order valence-corrected chi connectivity index (χ1v) is 9.49. The molecule has 0 fully saturated rings. The van der Waals surface area contributed by atoms with Gasteiger partial charge in [0.15, 0.2) is 9.84 Å². The molecule has 124 valence electrons. The third-order valence-electron chi connectivity index (χ3n) is 4.09. The van der Waals surface area contributed by atoms with Crippen molar-refractivity contribution >= 4 is 21.2 Å². The van der Waals surface area contributed by atoms with Crippen LogP contribution in [0.15, 0.2) is 36.4 Å². The van der Waals surface area contributed by atoms with E-state index in [1.54, 1.807) is 0 Å². The average Bonchev–Trinajstić information content (AvgIpc) is 2.50. The van der Waals surface area contributed by atoms with Crippen LogP contribution >= 0.6 is 0 Å². The highest BCUT2D eigenvalue weighted by Crippen LogP contribution is 2.16. The van der Waals surface area contributed by atoms with Crippen LogP contribution in [-0.2, 0) is 22.7 Å². The molecule has 0 aliphatic rings. The van der Waals surface area contributed by atoms with Gasteiger partial charge in [0.25, 0.3) is 0 Å². The summed E-state index contributed by atoms with van der Waals surface area (Å²) in [5.74, 6) is 0.272. The Labute approximate surface area is 138 Å². The minimum atomic E-state index is -3.11. The van der Waals surface area contributed by atoms with Gasteiger partial charge in [0.05, 0.1) is 11.5 Å². The lowest BCUT2D eigenvalue weighted by Crippen LogP contribution is -2.15. The highest BCUT2D eigenvalue weighted by molar-refractivity contribution is 7.91. The smallest absolute Gasteiger partial charge is 0.150 e. The van der Waals surface area contributed by atoms with Crippen molar-refractivity contribution in [2.45, 2.75) is 26.7 Å². The zero-order valence-corrected chi connectivity index (χ0v) is 14.5. The van der Waals surface area contributed by atoms with Crippen LogP contribution in [0, 0.1) is 13.8 Å². The first kappa shape index (κ1) is 17.3. The van der Waals surface area contributed by atoms with Crippen molar-refractivity contribution in [2.24, 2.45) is 0 Å². The Morgan fingerprint density at radius 3 is 1.52 bits per heavy atom. The van der Waals surface area contributed by atoms with Crippen molar-refractivity contribution in [1.82, 2.24) is 0 Å². The third kappa shape index (κ3) is 4.99. The van der Waals surface area contributed by atoms with Gasteiger partial charge in [0.2, 0.25) is 0 Å². The number of anilines is 2. The molecule has 0 aromatic heterocycles. The quantitative estimate of drug-likeness (QED) is 0.796. The van der Waals surface area contributed by atoms with Crippen LogP contribution in [0.5, 0.6) is 0 Å². The molecule has 0 amide bonds. The fraction of sp³-hybridized carbons (Fsp3) is 0.333. The number of sulfone groups is 1. The fourth-order valence-electron chi connectivity index (χ4n) is 2.34. The summed E-state index contributed by atoms with van der Waals surface area (Å²) < 4.78 is 24.4. The molecule has 0 saturated carbocycles. The predicted molar refractivity (Wildman–Crippen MR) is 97.2 cm³/mol. The first-order chi connectivity index (χ1) is 10.8. The molecule has 0 bridgehead atoms.